The van der Waals surface area contributed by atoms with Crippen LogP contribution in [0.15, 0.2) is 114 Å². The van der Waals surface area contributed by atoms with Crippen molar-refractivity contribution in [1.82, 2.24) is 31.9 Å². The Balaban J connectivity index is 0.0000124. The molecule has 6 aromatic rings. The van der Waals surface area contributed by atoms with Crippen LogP contribution in [0.1, 0.15) is 111 Å². The largest absolute Gasteiger partial charge is 1.00 e. The molecule has 0 saturated carbocycles. The highest BCUT2D eigenvalue weighted by Gasteiger charge is 2.52. The summed E-state index contributed by atoms with van der Waals surface area (Å²) in [7, 11) is 0. The van der Waals surface area contributed by atoms with Gasteiger partial charge < -0.3 is 135 Å². The number of benzene rings is 6. The number of fused-ring (bicyclic) bond motifs is 15. The number of hydrogen-bond donors (Lipinski definition) is 18. The van der Waals surface area contributed by atoms with Crippen LogP contribution in [-0.4, -0.2) is 190 Å². The molecule has 0 spiro atoms. The number of aromatic hydroxyl groups is 3. The third-order valence-electron chi connectivity index (χ3n) is 18.7. The summed E-state index contributed by atoms with van der Waals surface area (Å²) in [4.78, 5) is 123. The number of quaternary nitrogens is 1. The summed E-state index contributed by atoms with van der Waals surface area (Å²) in [6.07, 6.45) is -17.0. The maximum atomic E-state index is 16.1. The van der Waals surface area contributed by atoms with Crippen molar-refractivity contribution in [2.24, 2.45) is 16.6 Å². The van der Waals surface area contributed by atoms with Gasteiger partial charge in [0.1, 0.15) is 107 Å². The Kier molecular flexibility index (Phi) is 24.8. The highest BCUT2D eigenvalue weighted by molar-refractivity contribution is 6.32. The van der Waals surface area contributed by atoms with Gasteiger partial charge in [0.05, 0.1) is 35.6 Å². The van der Waals surface area contributed by atoms with Crippen molar-refractivity contribution in [2.45, 2.75) is 156 Å². The summed E-state index contributed by atoms with van der Waals surface area (Å²) in [6.45, 7) is 5.79. The lowest BCUT2D eigenvalue weighted by Crippen LogP contribution is -3.00. The van der Waals surface area contributed by atoms with Crippen LogP contribution in [0.4, 0.5) is 0 Å². The molecular weight excluding hydrogens is 1480 g/mol. The van der Waals surface area contributed by atoms with Crippen LogP contribution < -0.4 is 70.0 Å². The van der Waals surface area contributed by atoms with Crippen molar-refractivity contribution >= 4 is 76.7 Å². The van der Waals surface area contributed by atoms with E-state index in [0.717, 1.165) is 66.7 Å². The Hall–Kier alpha value is -9.98. The number of nitrogens with two attached hydrogens (primary N) is 1. The topological polar surface area (TPSA) is 532 Å². The van der Waals surface area contributed by atoms with Crippen LogP contribution in [0.3, 0.4) is 0 Å². The number of primary amides is 1. The molecule has 21 N–H and O–H groups in total. The zero-order valence-electron chi connectivity index (χ0n) is 57.7. The van der Waals surface area contributed by atoms with Gasteiger partial charge in [-0.2, -0.15) is 0 Å². The van der Waals surface area contributed by atoms with Gasteiger partial charge in [0, 0.05) is 29.0 Å². The molecular formula is C72H78Cl3N9O24. The minimum atomic E-state index is -2.36. The molecule has 7 aliphatic heterocycles. The maximum Gasteiger partial charge on any atom is 0.330 e. The number of carbonyl (C=O) groups is 8. The first kappa shape index (κ1) is 80.6. The molecule has 0 radical (unpaired) electrons. The summed E-state index contributed by atoms with van der Waals surface area (Å²) in [6, 6.07) is 7.67. The molecule has 6 aromatic carbocycles. The minimum absolute atomic E-state index is 0. The maximum absolute atomic E-state index is 16.1. The third kappa shape index (κ3) is 17.4. The average molecular weight is 1560 g/mol. The number of nitrogens with one attached hydrogen (secondary N) is 6. The fourth-order valence-corrected chi connectivity index (χ4v) is 13.6. The first-order valence-electron chi connectivity index (χ1n) is 33.6. The number of amides is 7. The molecule has 0 unspecified atom stereocenters. The van der Waals surface area contributed by atoms with Gasteiger partial charge in [-0.3, -0.25) is 38.6 Å². The lowest BCUT2D eigenvalue weighted by atomic mass is 9.86. The summed E-state index contributed by atoms with van der Waals surface area (Å²) in [5.41, 5.74) is 6.49. The van der Waals surface area contributed by atoms with Crippen LogP contribution in [0.2, 0.25) is 10.0 Å². The van der Waals surface area contributed by atoms with Gasteiger partial charge in [-0.25, -0.2) is 4.79 Å². The smallest absolute Gasteiger partial charge is 0.330 e. The van der Waals surface area contributed by atoms with Crippen LogP contribution in [0.25, 0.3) is 11.1 Å². The quantitative estimate of drug-likeness (QED) is 0.0540. The summed E-state index contributed by atoms with van der Waals surface area (Å²) in [5, 5.41) is 128. The van der Waals surface area contributed by atoms with E-state index in [1.165, 1.54) is 25.3 Å². The number of rotatable bonds is 14. The van der Waals surface area contributed by atoms with Crippen LogP contribution in [0.5, 0.6) is 46.0 Å². The van der Waals surface area contributed by atoms with Crippen molar-refractivity contribution in [3.8, 4) is 57.1 Å². The van der Waals surface area contributed by atoms with Gasteiger partial charge in [0.25, 0.3) is 0 Å². The van der Waals surface area contributed by atoms with E-state index in [1.807, 2.05) is 0 Å². The molecule has 33 nitrogen and oxygen atoms in total. The first-order valence-corrected chi connectivity index (χ1v) is 34.4. The number of aliphatic carboxylic acids is 1. The Morgan fingerprint density at radius 3 is 1.94 bits per heavy atom. The van der Waals surface area contributed by atoms with E-state index in [0.29, 0.717) is 5.56 Å². The number of ether oxygens (including phenoxy) is 6. The van der Waals surface area contributed by atoms with Crippen molar-refractivity contribution in [2.75, 3.05) is 6.61 Å². The molecule has 7 amide bonds. The number of carboxylic acid groups (broad SMARTS) is 1. The lowest BCUT2D eigenvalue weighted by molar-refractivity contribution is -0.518. The average Bonchev–Trinajstić information content (AvgIpc) is 0.766. The molecule has 2 saturated heterocycles. The highest BCUT2D eigenvalue weighted by atomic mass is 35.5. The van der Waals surface area contributed by atoms with E-state index in [-0.39, 0.29) is 58.6 Å². The fraction of sp³-hybridized carbons (Fsp3) is 0.375. The zero-order chi connectivity index (χ0) is 77.4. The minimum Gasteiger partial charge on any atom is -1.00 e. The first-order chi connectivity index (χ1) is 50.7. The van der Waals surface area contributed by atoms with Crippen LogP contribution in [-0.2, 0) is 52.6 Å². The molecule has 7 aliphatic rings. The number of carboxylic acids is 1. The van der Waals surface area contributed by atoms with E-state index in [9.17, 15) is 70.2 Å². The van der Waals surface area contributed by atoms with Crippen molar-refractivity contribution in [1.29, 1.82) is 0 Å². The summed E-state index contributed by atoms with van der Waals surface area (Å²) in [5.74, 6) is -16.2. The van der Waals surface area contributed by atoms with Gasteiger partial charge in [0.15, 0.2) is 29.9 Å². The second kappa shape index (κ2) is 33.2. The molecule has 11 bridgehead atoms. The molecule has 108 heavy (non-hydrogen) atoms. The van der Waals surface area contributed by atoms with Crippen molar-refractivity contribution in [3.63, 3.8) is 0 Å². The second-order valence-electron chi connectivity index (χ2n) is 27.2. The molecule has 0 aromatic heterocycles. The SMILES string of the molecule is CC(C)C[C@@H](N=Cc1ccccc1)C(=O)N[C@H]1C(=O)N[C@@H](CC(N)=O)C(=O)N[C@@H]2C(=O)N[C@H]3C(=O)N[C@H](C(=O)N[C@H](C(=O)O)c4cc(O)cc(O)c4-c4cc3ccc4O)[C@H](O)c3ccc(c(Cl)c3)Oc3cc2cc(c3O[C@@H]2O[C@H](CO)[C@@H](O)[C@H](O)[C@H]2O[C@H]2C[C@](C)([NH3+])[C@H](O)[C@H](C)O2)Oc2ccc(cc2Cl)[C@H]1O.[Cl-]. The molecule has 18 atom stereocenters. The predicted molar refractivity (Wildman–Crippen MR) is 373 cm³/mol. The Morgan fingerprint density at radius 1 is 0.722 bits per heavy atom. The molecule has 36 heteroatoms. The number of nitrogens with zero attached hydrogens (tertiary/aromatic N) is 1. The summed E-state index contributed by atoms with van der Waals surface area (Å²) >= 11 is 14.2. The number of phenolic OH excluding ortho intramolecular Hbond substituents is 3. The lowest BCUT2D eigenvalue weighted by Gasteiger charge is -2.45. The Morgan fingerprint density at radius 2 is 1.33 bits per heavy atom. The van der Waals surface area contributed by atoms with Gasteiger partial charge in [-0.15, -0.1) is 0 Å². The zero-order valence-corrected chi connectivity index (χ0v) is 60.0. The van der Waals surface area contributed by atoms with E-state index >= 15 is 19.2 Å². The molecule has 7 heterocycles. The van der Waals surface area contributed by atoms with E-state index in [2.05, 4.69) is 42.6 Å². The second-order valence-corrected chi connectivity index (χ2v) is 28.0. The predicted octanol–water partition coefficient (Wildman–Crippen LogP) is -1.71. The highest BCUT2D eigenvalue weighted by Crippen LogP contribution is 2.50. The number of aliphatic imine (C=N–C) groups is 1. The van der Waals surface area contributed by atoms with Gasteiger partial charge in [-0.05, 0) is 109 Å². The number of carbonyl (C=O) groups excluding carboxylic acids is 7. The van der Waals surface area contributed by atoms with Crippen LogP contribution >= 0.6 is 23.2 Å². The fourth-order valence-electron chi connectivity index (χ4n) is 13.1. The standard InChI is InChI=1S/C72H77Cl2N9O24.ClH/c1-28(2)16-40(77-26-30-8-6-5-7-9-30)64(94)82-55-57(89)32-11-14-44(38(73)18-32)103-46-20-34-21-47(61(46)107-71-62(60(92)59(91)48(27-84)105-71)106-50-25-72(4,76)63(93)29(3)102-50)104-45-15-12-33(19-39(45)74)58(90)56-69(99)81-54(70(100)101)37-22-35(85)23-43(87)51(37)36-17-31(10-13-42(36)86)52(66(96)83-56)80-67(97)53(34)79-65(95)41(24-49(75)88)78-68(55)98;/h5-15,17-23,26,28-29,40-41,48,50,52-60,62-63,71,84-87,89-93H,16,24-25,27,76H2,1-4H3,(H2,75,88)(H,78,98)(H,79,95)(H,80,97)(H,81,99)(H,82,94)(H,83,96)(H,100,101);1H/t29-,40+,41-,48+,50-,52+,53-,54-,55+,56-,57+,58+,59+,60-,62+,63+,71-,72-;/m0./s1. The molecule has 2 fully saturated rings. The van der Waals surface area contributed by atoms with E-state index < -0.39 is 237 Å². The van der Waals surface area contributed by atoms with Gasteiger partial charge in [0.2, 0.25) is 53.4 Å². The van der Waals surface area contributed by atoms with E-state index in [4.69, 9.17) is 57.4 Å². The third-order valence-corrected chi connectivity index (χ3v) is 19.3. The molecule has 576 valence electrons. The monoisotopic (exact) mass is 1560 g/mol. The molecule has 13 rings (SSSR count). The van der Waals surface area contributed by atoms with E-state index in [1.54, 1.807) is 51.1 Å². The number of hydrogen-bond acceptors (Lipinski definition) is 24. The number of halogens is 3. The Labute approximate surface area is 630 Å². The van der Waals surface area contributed by atoms with Gasteiger partial charge >= 0.3 is 5.97 Å². The van der Waals surface area contributed by atoms with Crippen LogP contribution in [0, 0.1) is 5.92 Å². The molecule has 0 aliphatic carbocycles. The number of aliphatic hydroxyl groups excluding tert-OH is 6. The van der Waals surface area contributed by atoms with Crippen molar-refractivity contribution in [3.05, 3.63) is 153 Å². The number of aliphatic hydroxyl groups is 6. The van der Waals surface area contributed by atoms with Gasteiger partial charge in [-0.1, -0.05) is 85.6 Å². The summed E-state index contributed by atoms with van der Waals surface area (Å²) < 4.78 is 38.6. The Bertz CT molecular complexity index is 4480. The normalized spacial score (nSPS) is 28.2. The van der Waals surface area contributed by atoms with Crippen molar-refractivity contribution < 1.29 is 136 Å². The number of phenols is 3.